The van der Waals surface area contributed by atoms with Gasteiger partial charge in [-0.05, 0) is 17.7 Å². The molecule has 0 bridgehead atoms. The van der Waals surface area contributed by atoms with Crippen LogP contribution in [0.1, 0.15) is 33.1 Å². The fraction of sp³-hybridized carbons (Fsp3) is 0.414. The lowest BCUT2D eigenvalue weighted by atomic mass is 10.1. The van der Waals surface area contributed by atoms with Gasteiger partial charge in [-0.1, -0.05) is 12.1 Å². The van der Waals surface area contributed by atoms with E-state index >= 15 is 0 Å². The number of halogens is 6. The van der Waals surface area contributed by atoms with Gasteiger partial charge in [0.1, 0.15) is 17.3 Å². The largest absolute Gasteiger partial charge is 0.501 e. The second-order valence-electron chi connectivity index (χ2n) is 10.5. The Morgan fingerprint density at radius 2 is 1.61 bits per heavy atom. The number of imidazole rings is 1. The highest BCUT2D eigenvalue weighted by molar-refractivity contribution is 5.94. The van der Waals surface area contributed by atoms with Crippen LogP contribution in [0.25, 0.3) is 0 Å². The van der Waals surface area contributed by atoms with Crippen LogP contribution >= 0.6 is 0 Å². The molecule has 1 saturated heterocycles. The number of benzene rings is 1. The first-order valence-electron chi connectivity index (χ1n) is 14.1. The molecule has 11 nitrogen and oxygen atoms in total. The summed E-state index contributed by atoms with van der Waals surface area (Å²) in [7, 11) is 1.51. The Morgan fingerprint density at radius 3 is 2.22 bits per heavy atom. The third-order valence-corrected chi connectivity index (χ3v) is 7.52. The molecule has 17 heteroatoms. The summed E-state index contributed by atoms with van der Waals surface area (Å²) in [6.07, 6.45) is -5.70. The van der Waals surface area contributed by atoms with Crippen molar-refractivity contribution in [3.63, 3.8) is 0 Å². The van der Waals surface area contributed by atoms with Crippen molar-refractivity contribution >= 4 is 17.8 Å². The number of alkyl halides is 6. The van der Waals surface area contributed by atoms with Crippen LogP contribution in [0.15, 0.2) is 49.0 Å². The second-order valence-corrected chi connectivity index (χ2v) is 10.5. The van der Waals surface area contributed by atoms with Gasteiger partial charge >= 0.3 is 12.4 Å². The fourth-order valence-corrected chi connectivity index (χ4v) is 5.11. The van der Waals surface area contributed by atoms with Gasteiger partial charge in [0, 0.05) is 70.7 Å². The molecule has 246 valence electrons. The molecule has 3 aromatic rings. The number of carbonyl (C=O) groups excluding carboxylic acids is 2. The van der Waals surface area contributed by atoms with E-state index < -0.39 is 35.2 Å². The number of aromatic nitrogens is 4. The van der Waals surface area contributed by atoms with Gasteiger partial charge in [0.2, 0.25) is 11.9 Å². The normalized spacial score (nSPS) is 15.8. The minimum Gasteiger partial charge on any atom is -0.501 e. The lowest BCUT2D eigenvalue weighted by molar-refractivity contribution is -0.141. The SMILES string of the molecule is COc1ccc(CN2CCn3c(CCOC=CC(=O)N4CCN(c5ncc(C(F)(F)F)cn5)CC4)nc(C(F)(F)F)c3C2=O)cc1. The van der Waals surface area contributed by atoms with E-state index in [4.69, 9.17) is 9.47 Å². The lowest BCUT2D eigenvalue weighted by Crippen LogP contribution is -2.48. The number of ether oxygens (including phenoxy) is 2. The van der Waals surface area contributed by atoms with Gasteiger partial charge in [-0.25, -0.2) is 15.0 Å². The summed E-state index contributed by atoms with van der Waals surface area (Å²) in [5.74, 6) is -0.371. The van der Waals surface area contributed by atoms with Crippen LogP contribution in [0.5, 0.6) is 5.75 Å². The van der Waals surface area contributed by atoms with Gasteiger partial charge in [-0.2, -0.15) is 26.3 Å². The van der Waals surface area contributed by atoms with E-state index in [1.165, 1.54) is 27.6 Å². The Kier molecular flexibility index (Phi) is 9.39. The van der Waals surface area contributed by atoms with Crippen LogP contribution < -0.4 is 9.64 Å². The number of methoxy groups -OCH3 is 1. The highest BCUT2D eigenvalue weighted by atomic mass is 19.4. The Hall–Kier alpha value is -4.83. The number of rotatable bonds is 9. The maximum Gasteiger partial charge on any atom is 0.435 e. The predicted molar refractivity (Wildman–Crippen MR) is 150 cm³/mol. The average Bonchev–Trinajstić information content (AvgIpc) is 3.42. The molecule has 0 saturated carbocycles. The molecule has 0 atom stereocenters. The topological polar surface area (TPSA) is 106 Å². The van der Waals surface area contributed by atoms with Crippen molar-refractivity contribution in [3.05, 3.63) is 77.3 Å². The minimum absolute atomic E-state index is 0.0425. The summed E-state index contributed by atoms with van der Waals surface area (Å²) in [6.45, 7) is 1.46. The van der Waals surface area contributed by atoms with Crippen LogP contribution in [0.3, 0.4) is 0 Å². The maximum absolute atomic E-state index is 13.9. The first-order valence-corrected chi connectivity index (χ1v) is 14.1. The fourth-order valence-electron chi connectivity index (χ4n) is 5.11. The molecular weight excluding hydrogens is 624 g/mol. The van der Waals surface area contributed by atoms with Gasteiger partial charge in [0.25, 0.3) is 5.91 Å². The molecule has 0 aliphatic carbocycles. The first-order chi connectivity index (χ1) is 21.8. The predicted octanol–water partition coefficient (Wildman–Crippen LogP) is 3.80. The molecule has 2 aromatic heterocycles. The van der Waals surface area contributed by atoms with Crippen molar-refractivity contribution in [1.29, 1.82) is 0 Å². The number of hydrogen-bond acceptors (Lipinski definition) is 8. The third-order valence-electron chi connectivity index (χ3n) is 7.52. The highest BCUT2D eigenvalue weighted by Crippen LogP contribution is 2.34. The summed E-state index contributed by atoms with van der Waals surface area (Å²) in [5, 5.41) is 0. The summed E-state index contributed by atoms with van der Waals surface area (Å²) in [5.41, 5.74) is -1.99. The zero-order valence-electron chi connectivity index (χ0n) is 24.5. The molecule has 0 radical (unpaired) electrons. The van der Waals surface area contributed by atoms with Crippen LogP contribution in [0.2, 0.25) is 0 Å². The van der Waals surface area contributed by atoms with E-state index in [1.807, 2.05) is 0 Å². The smallest absolute Gasteiger partial charge is 0.435 e. The van der Waals surface area contributed by atoms with E-state index in [2.05, 4.69) is 15.0 Å². The van der Waals surface area contributed by atoms with Crippen LogP contribution in [-0.4, -0.2) is 87.6 Å². The molecule has 1 fully saturated rings. The molecule has 46 heavy (non-hydrogen) atoms. The Morgan fingerprint density at radius 1 is 0.935 bits per heavy atom. The molecule has 0 N–H and O–H groups in total. The van der Waals surface area contributed by atoms with Gasteiger partial charge in [-0.3, -0.25) is 9.59 Å². The van der Waals surface area contributed by atoms with Gasteiger partial charge in [0.05, 0.1) is 25.5 Å². The molecule has 5 rings (SSSR count). The summed E-state index contributed by atoms with van der Waals surface area (Å²) in [4.78, 5) is 41.5. The Bertz CT molecular complexity index is 1560. The van der Waals surface area contributed by atoms with Crippen LogP contribution in [0.4, 0.5) is 32.3 Å². The van der Waals surface area contributed by atoms with Crippen molar-refractivity contribution in [3.8, 4) is 5.75 Å². The lowest BCUT2D eigenvalue weighted by Gasteiger charge is -2.34. The number of fused-ring (bicyclic) bond motifs is 1. The van der Waals surface area contributed by atoms with E-state index in [0.29, 0.717) is 31.2 Å². The molecule has 2 aliphatic rings. The summed E-state index contributed by atoms with van der Waals surface area (Å²) in [6, 6.07) is 6.89. The number of hydrogen-bond donors (Lipinski definition) is 0. The molecule has 2 aliphatic heterocycles. The van der Waals surface area contributed by atoms with Crippen LogP contribution in [-0.2, 0) is 41.4 Å². The van der Waals surface area contributed by atoms with Crippen molar-refractivity contribution in [1.82, 2.24) is 29.3 Å². The standard InChI is InChI=1S/C29H29F6N7O4/c1-45-21-4-2-19(3-5-21)18-41-12-13-42-22(38-25(29(33,34)35)24(42)26(41)44)6-14-46-15-7-23(43)39-8-10-40(11-9-39)27-36-16-20(17-37-27)28(30,31)32/h2-5,7,15-17H,6,8-14,18H2,1H3. The minimum atomic E-state index is -4.84. The molecule has 0 spiro atoms. The molecule has 4 heterocycles. The quantitative estimate of drug-likeness (QED) is 0.149. The molecular formula is C29H29F6N7O4. The third kappa shape index (κ3) is 7.34. The summed E-state index contributed by atoms with van der Waals surface area (Å²) >= 11 is 0. The first kappa shape index (κ1) is 32.6. The van der Waals surface area contributed by atoms with Crippen molar-refractivity contribution in [2.24, 2.45) is 0 Å². The van der Waals surface area contributed by atoms with E-state index in [9.17, 15) is 35.9 Å². The van der Waals surface area contributed by atoms with E-state index in [-0.39, 0.29) is 63.4 Å². The molecule has 2 amide bonds. The van der Waals surface area contributed by atoms with E-state index in [1.54, 1.807) is 29.2 Å². The number of amides is 2. The Labute approximate surface area is 259 Å². The maximum atomic E-state index is 13.9. The van der Waals surface area contributed by atoms with Gasteiger partial charge in [0.15, 0.2) is 5.69 Å². The van der Waals surface area contributed by atoms with Crippen molar-refractivity contribution in [2.45, 2.75) is 31.9 Å². The summed E-state index contributed by atoms with van der Waals surface area (Å²) < 4.78 is 91.7. The molecule has 1 aromatic carbocycles. The van der Waals surface area contributed by atoms with E-state index in [0.717, 1.165) is 11.8 Å². The number of piperazine rings is 1. The van der Waals surface area contributed by atoms with Crippen molar-refractivity contribution in [2.75, 3.05) is 51.3 Å². The Balaban J connectivity index is 1.13. The van der Waals surface area contributed by atoms with Crippen LogP contribution in [0, 0.1) is 0 Å². The highest BCUT2D eigenvalue weighted by Gasteiger charge is 2.43. The number of carbonyl (C=O) groups is 2. The van der Waals surface area contributed by atoms with Gasteiger partial charge in [-0.15, -0.1) is 0 Å². The monoisotopic (exact) mass is 653 g/mol. The average molecular weight is 654 g/mol. The zero-order chi connectivity index (χ0) is 33.1. The zero-order valence-corrected chi connectivity index (χ0v) is 24.5. The van der Waals surface area contributed by atoms with Gasteiger partial charge < -0.3 is 28.7 Å². The van der Waals surface area contributed by atoms with Crippen molar-refractivity contribution < 1.29 is 45.4 Å². The number of anilines is 1. The number of nitrogens with zero attached hydrogens (tertiary/aromatic N) is 7. The second kappa shape index (κ2) is 13.3. The molecule has 0 unspecified atom stereocenters.